The molecule has 0 saturated carbocycles. The van der Waals surface area contributed by atoms with E-state index in [1.807, 2.05) is 6.92 Å². The summed E-state index contributed by atoms with van der Waals surface area (Å²) in [5.41, 5.74) is 0.665. The Hall–Kier alpha value is -3.10. The van der Waals surface area contributed by atoms with Crippen molar-refractivity contribution in [2.75, 3.05) is 13.6 Å². The first-order chi connectivity index (χ1) is 13.3. The van der Waals surface area contributed by atoms with Gasteiger partial charge in [-0.05, 0) is 24.6 Å². The summed E-state index contributed by atoms with van der Waals surface area (Å²) >= 11 is 0. The Morgan fingerprint density at radius 3 is 2.61 bits per heavy atom. The lowest BCUT2D eigenvalue weighted by Gasteiger charge is -2.18. The third-order valence-corrected chi connectivity index (χ3v) is 4.64. The minimum absolute atomic E-state index is 0.0454. The summed E-state index contributed by atoms with van der Waals surface area (Å²) in [4.78, 5) is 43.8. The SMILES string of the molecule is CCCCN1C(=O)c2ccc(C(=O)N(C)Cc3nccn3C(F)F)cc2C1=O. The monoisotopic (exact) mass is 390 g/mol. The van der Waals surface area contributed by atoms with Crippen molar-refractivity contribution in [3.05, 3.63) is 53.1 Å². The van der Waals surface area contributed by atoms with E-state index < -0.39 is 18.4 Å². The number of alkyl halides is 2. The smallest absolute Gasteiger partial charge is 0.319 e. The highest BCUT2D eigenvalue weighted by Crippen LogP contribution is 2.25. The average Bonchev–Trinajstić information content (AvgIpc) is 3.23. The van der Waals surface area contributed by atoms with E-state index in [9.17, 15) is 23.2 Å². The molecule has 1 aromatic carbocycles. The number of hydrogen-bond donors (Lipinski definition) is 0. The number of imide groups is 1. The highest BCUT2D eigenvalue weighted by molar-refractivity contribution is 6.22. The highest BCUT2D eigenvalue weighted by atomic mass is 19.3. The molecule has 148 valence electrons. The molecule has 0 N–H and O–H groups in total. The fourth-order valence-electron chi connectivity index (χ4n) is 3.09. The van der Waals surface area contributed by atoms with Crippen LogP contribution in [0.1, 0.15) is 63.2 Å². The Bertz CT molecular complexity index is 926. The third-order valence-electron chi connectivity index (χ3n) is 4.64. The Morgan fingerprint density at radius 1 is 1.21 bits per heavy atom. The maximum atomic E-state index is 12.9. The van der Waals surface area contributed by atoms with E-state index >= 15 is 0 Å². The zero-order chi connectivity index (χ0) is 20.4. The molecule has 3 rings (SSSR count). The highest BCUT2D eigenvalue weighted by Gasteiger charge is 2.35. The fraction of sp³-hybridized carbons (Fsp3) is 0.368. The number of rotatable bonds is 7. The van der Waals surface area contributed by atoms with E-state index in [2.05, 4.69) is 4.98 Å². The molecule has 0 fully saturated rings. The lowest BCUT2D eigenvalue weighted by Crippen LogP contribution is -2.30. The largest absolute Gasteiger partial charge is 0.334 e. The van der Waals surface area contributed by atoms with Gasteiger partial charge in [0.15, 0.2) is 0 Å². The summed E-state index contributed by atoms with van der Waals surface area (Å²) in [5.74, 6) is -1.19. The molecule has 0 unspecified atom stereocenters. The Morgan fingerprint density at radius 2 is 1.93 bits per heavy atom. The van der Waals surface area contributed by atoms with Gasteiger partial charge in [-0.15, -0.1) is 0 Å². The first-order valence-corrected chi connectivity index (χ1v) is 8.90. The second-order valence-electron chi connectivity index (χ2n) is 6.57. The van der Waals surface area contributed by atoms with Crippen molar-refractivity contribution in [1.29, 1.82) is 0 Å². The van der Waals surface area contributed by atoms with E-state index in [-0.39, 0.29) is 35.0 Å². The summed E-state index contributed by atoms with van der Waals surface area (Å²) in [6.07, 6.45) is 3.93. The van der Waals surface area contributed by atoms with Crippen LogP contribution in [0.2, 0.25) is 0 Å². The van der Waals surface area contributed by atoms with Crippen molar-refractivity contribution in [2.24, 2.45) is 0 Å². The molecule has 2 aromatic rings. The van der Waals surface area contributed by atoms with Crippen molar-refractivity contribution in [3.63, 3.8) is 0 Å². The molecule has 0 saturated heterocycles. The Labute approximate surface area is 160 Å². The van der Waals surface area contributed by atoms with Crippen molar-refractivity contribution >= 4 is 17.7 Å². The summed E-state index contributed by atoms with van der Waals surface area (Å²) in [6.45, 7) is -0.575. The number of amides is 3. The number of fused-ring (bicyclic) bond motifs is 1. The second kappa shape index (κ2) is 7.87. The number of carbonyl (C=O) groups excluding carboxylic acids is 3. The van der Waals surface area contributed by atoms with Crippen LogP contribution in [0.4, 0.5) is 8.78 Å². The van der Waals surface area contributed by atoms with Crippen LogP contribution in [0.3, 0.4) is 0 Å². The van der Waals surface area contributed by atoms with E-state index in [0.717, 1.165) is 12.6 Å². The summed E-state index contributed by atoms with van der Waals surface area (Å²) in [5, 5.41) is 0. The zero-order valence-corrected chi connectivity index (χ0v) is 15.6. The number of nitrogens with zero attached hydrogens (tertiary/aromatic N) is 4. The van der Waals surface area contributed by atoms with Crippen LogP contribution < -0.4 is 0 Å². The van der Waals surface area contributed by atoms with Gasteiger partial charge >= 0.3 is 6.55 Å². The zero-order valence-electron chi connectivity index (χ0n) is 15.6. The molecule has 9 heteroatoms. The van der Waals surface area contributed by atoms with Gasteiger partial charge in [-0.25, -0.2) is 4.98 Å². The number of benzene rings is 1. The number of hydrogen-bond acceptors (Lipinski definition) is 4. The molecule has 0 bridgehead atoms. The molecule has 3 amide bonds. The van der Waals surface area contributed by atoms with Gasteiger partial charge in [0, 0.05) is 31.5 Å². The average molecular weight is 390 g/mol. The van der Waals surface area contributed by atoms with Crippen LogP contribution in [0.15, 0.2) is 30.6 Å². The molecule has 1 aliphatic rings. The number of aromatic nitrogens is 2. The molecule has 1 aromatic heterocycles. The van der Waals surface area contributed by atoms with E-state index in [0.29, 0.717) is 17.5 Å². The standard InChI is InChI=1S/C19H20F2N4O3/c1-3-4-8-25-17(27)13-6-5-12(10-14(13)18(25)28)16(26)23(2)11-15-22-7-9-24(15)19(20)21/h5-7,9-10,19H,3-4,8,11H2,1-2H3. The Kier molecular flexibility index (Phi) is 5.53. The summed E-state index contributed by atoms with van der Waals surface area (Å²) in [6, 6.07) is 4.31. The molecular weight excluding hydrogens is 370 g/mol. The van der Waals surface area contributed by atoms with Gasteiger partial charge in [-0.3, -0.25) is 23.9 Å². The topological polar surface area (TPSA) is 75.5 Å². The van der Waals surface area contributed by atoms with Crippen molar-refractivity contribution in [2.45, 2.75) is 32.9 Å². The number of imidazole rings is 1. The van der Waals surface area contributed by atoms with Gasteiger partial charge in [0.1, 0.15) is 5.82 Å². The summed E-state index contributed by atoms with van der Waals surface area (Å²) in [7, 11) is 1.46. The van der Waals surface area contributed by atoms with E-state index in [1.165, 1.54) is 41.2 Å². The first kappa shape index (κ1) is 19.7. The minimum Gasteiger partial charge on any atom is -0.334 e. The second-order valence-corrected chi connectivity index (χ2v) is 6.57. The van der Waals surface area contributed by atoms with Gasteiger partial charge in [0.05, 0.1) is 17.7 Å². The van der Waals surface area contributed by atoms with Crippen LogP contribution in [0.5, 0.6) is 0 Å². The van der Waals surface area contributed by atoms with E-state index in [4.69, 9.17) is 0 Å². The van der Waals surface area contributed by atoms with Crippen LogP contribution >= 0.6 is 0 Å². The van der Waals surface area contributed by atoms with Crippen LogP contribution in [0, 0.1) is 0 Å². The van der Waals surface area contributed by atoms with Crippen molar-refractivity contribution in [1.82, 2.24) is 19.4 Å². The predicted octanol–water partition coefficient (Wildman–Crippen LogP) is 2.95. The molecule has 0 atom stereocenters. The maximum Gasteiger partial charge on any atom is 0.319 e. The number of unbranched alkanes of at least 4 members (excludes halogenated alkanes) is 1. The van der Waals surface area contributed by atoms with Crippen molar-refractivity contribution in [3.8, 4) is 0 Å². The van der Waals surface area contributed by atoms with Gasteiger partial charge in [0.2, 0.25) is 0 Å². The van der Waals surface area contributed by atoms with Crippen LogP contribution in [-0.2, 0) is 6.54 Å². The molecular formula is C19H20F2N4O3. The van der Waals surface area contributed by atoms with Crippen LogP contribution in [0.25, 0.3) is 0 Å². The predicted molar refractivity (Wildman–Crippen MR) is 96.0 cm³/mol. The first-order valence-electron chi connectivity index (χ1n) is 8.90. The quantitative estimate of drug-likeness (QED) is 0.681. The number of carbonyl (C=O) groups is 3. The molecule has 7 nitrogen and oxygen atoms in total. The molecule has 1 aliphatic heterocycles. The molecule has 28 heavy (non-hydrogen) atoms. The van der Waals surface area contributed by atoms with Gasteiger partial charge in [-0.1, -0.05) is 13.3 Å². The Balaban J connectivity index is 1.79. The molecule has 0 spiro atoms. The van der Waals surface area contributed by atoms with E-state index in [1.54, 1.807) is 0 Å². The minimum atomic E-state index is -2.75. The lowest BCUT2D eigenvalue weighted by atomic mass is 10.0. The fourth-order valence-corrected chi connectivity index (χ4v) is 3.09. The lowest BCUT2D eigenvalue weighted by molar-refractivity contribution is 0.0612. The maximum absolute atomic E-state index is 12.9. The van der Waals surface area contributed by atoms with Gasteiger partial charge in [0.25, 0.3) is 17.7 Å². The van der Waals surface area contributed by atoms with Gasteiger partial charge in [-0.2, -0.15) is 8.78 Å². The van der Waals surface area contributed by atoms with Gasteiger partial charge < -0.3 is 4.90 Å². The summed E-state index contributed by atoms with van der Waals surface area (Å²) < 4.78 is 26.6. The third kappa shape index (κ3) is 3.51. The molecule has 0 radical (unpaired) electrons. The van der Waals surface area contributed by atoms with Crippen molar-refractivity contribution < 1.29 is 23.2 Å². The number of halogens is 2. The van der Waals surface area contributed by atoms with Crippen LogP contribution in [-0.4, -0.2) is 50.7 Å². The normalized spacial score (nSPS) is 13.4. The molecule has 0 aliphatic carbocycles. The molecule has 2 heterocycles.